The number of hydrogen-bond donors (Lipinski definition) is 0. The molecule has 1 fully saturated rings. The maximum Gasteiger partial charge on any atom is 0.192 e. The average molecular weight is 469 g/mol. The number of rotatable bonds is 10. The van der Waals surface area contributed by atoms with Crippen LogP contribution in [0.4, 0.5) is 0 Å². The topological polar surface area (TPSA) is 71.2 Å². The van der Waals surface area contributed by atoms with E-state index in [0.717, 1.165) is 71.7 Å². The molecule has 0 spiro atoms. The maximum absolute atomic E-state index is 13.1. The largest absolute Gasteiger partial charge is 0.497 e. The molecule has 4 rings (SSSR count). The number of carbonyl (C=O) groups is 1. The molecule has 1 unspecified atom stereocenters. The molecule has 176 valence electrons. The number of hydrogen-bond acceptors (Lipinski definition) is 6. The first kappa shape index (κ1) is 23.6. The van der Waals surface area contributed by atoms with Crippen LogP contribution in [0, 0.1) is 13.8 Å². The molecule has 33 heavy (non-hydrogen) atoms. The molecule has 3 heterocycles. The van der Waals surface area contributed by atoms with Crippen LogP contribution in [-0.2, 0) is 17.8 Å². The number of carbonyl (C=O) groups excluding carboxylic acids is 1. The number of nitrogens with zero attached hydrogens (tertiary/aromatic N) is 4. The molecule has 0 radical (unpaired) electrons. The molecular weight excluding hydrogens is 436 g/mol. The highest BCUT2D eigenvalue weighted by Gasteiger charge is 2.23. The van der Waals surface area contributed by atoms with Gasteiger partial charge < -0.3 is 14.0 Å². The first-order valence-corrected chi connectivity index (χ1v) is 12.5. The van der Waals surface area contributed by atoms with E-state index in [1.807, 2.05) is 37.3 Å². The maximum atomic E-state index is 13.1. The van der Waals surface area contributed by atoms with Gasteiger partial charge in [-0.2, -0.15) is 0 Å². The van der Waals surface area contributed by atoms with Crippen LogP contribution in [0.1, 0.15) is 47.9 Å². The fourth-order valence-corrected chi connectivity index (χ4v) is 5.20. The van der Waals surface area contributed by atoms with Crippen molar-refractivity contribution >= 4 is 17.5 Å². The Morgan fingerprint density at radius 1 is 1.21 bits per heavy atom. The number of thioether (sulfide) groups is 1. The van der Waals surface area contributed by atoms with Crippen LogP contribution in [-0.4, -0.2) is 50.7 Å². The lowest BCUT2D eigenvalue weighted by atomic mass is 10.2. The minimum absolute atomic E-state index is 0.119. The highest BCUT2D eigenvalue weighted by Crippen LogP contribution is 2.28. The molecule has 0 bridgehead atoms. The molecule has 1 aliphatic rings. The smallest absolute Gasteiger partial charge is 0.192 e. The minimum Gasteiger partial charge on any atom is -0.497 e. The van der Waals surface area contributed by atoms with Crippen LogP contribution in [0.3, 0.4) is 0 Å². The van der Waals surface area contributed by atoms with Crippen molar-refractivity contribution in [3.05, 3.63) is 47.3 Å². The summed E-state index contributed by atoms with van der Waals surface area (Å²) in [6.45, 7) is 8.64. The summed E-state index contributed by atoms with van der Waals surface area (Å²) in [5.41, 5.74) is 3.93. The second-order valence-corrected chi connectivity index (χ2v) is 9.37. The van der Waals surface area contributed by atoms with Gasteiger partial charge in [0.25, 0.3) is 0 Å². The molecule has 3 aromatic rings. The Bertz CT molecular complexity index is 1100. The molecule has 0 saturated carbocycles. The molecule has 1 atom stereocenters. The van der Waals surface area contributed by atoms with Gasteiger partial charge in [-0.25, -0.2) is 0 Å². The van der Waals surface area contributed by atoms with E-state index >= 15 is 0 Å². The predicted molar refractivity (Wildman–Crippen MR) is 130 cm³/mol. The average Bonchev–Trinajstić information content (AvgIpc) is 3.55. The normalized spacial score (nSPS) is 15.8. The number of ketones is 1. The summed E-state index contributed by atoms with van der Waals surface area (Å²) in [6, 6.07) is 9.81. The summed E-state index contributed by atoms with van der Waals surface area (Å²) in [5.74, 6) is 2.02. The van der Waals surface area contributed by atoms with Crippen molar-refractivity contribution in [2.45, 2.75) is 64.4 Å². The lowest BCUT2D eigenvalue weighted by Gasteiger charge is -2.15. The molecule has 1 saturated heterocycles. The first-order chi connectivity index (χ1) is 16.0. The zero-order valence-corrected chi connectivity index (χ0v) is 20.7. The van der Waals surface area contributed by atoms with Crippen molar-refractivity contribution in [2.75, 3.05) is 19.5 Å². The molecule has 8 heteroatoms. The van der Waals surface area contributed by atoms with Crippen LogP contribution < -0.4 is 4.74 Å². The third kappa shape index (κ3) is 5.17. The van der Waals surface area contributed by atoms with Crippen LogP contribution in [0.2, 0.25) is 0 Å². The van der Waals surface area contributed by atoms with Crippen molar-refractivity contribution in [1.29, 1.82) is 0 Å². The highest BCUT2D eigenvalue weighted by atomic mass is 32.2. The van der Waals surface area contributed by atoms with Crippen molar-refractivity contribution in [3.8, 4) is 17.1 Å². The molecule has 7 nitrogen and oxygen atoms in total. The fraction of sp³-hybridized carbons (Fsp3) is 0.480. The third-order valence-corrected chi connectivity index (χ3v) is 7.10. The van der Waals surface area contributed by atoms with E-state index in [1.165, 1.54) is 11.8 Å². The summed E-state index contributed by atoms with van der Waals surface area (Å²) < 4.78 is 15.5. The van der Waals surface area contributed by atoms with E-state index in [9.17, 15) is 4.79 Å². The Labute approximate surface area is 199 Å². The lowest BCUT2D eigenvalue weighted by Crippen LogP contribution is -2.17. The summed E-state index contributed by atoms with van der Waals surface area (Å²) in [4.78, 5) is 13.1. The Hall–Kier alpha value is -2.58. The Morgan fingerprint density at radius 3 is 2.67 bits per heavy atom. The van der Waals surface area contributed by atoms with Gasteiger partial charge in [0.2, 0.25) is 0 Å². The van der Waals surface area contributed by atoms with Crippen molar-refractivity contribution < 1.29 is 14.3 Å². The van der Waals surface area contributed by atoms with Gasteiger partial charge in [0.1, 0.15) is 5.75 Å². The highest BCUT2D eigenvalue weighted by molar-refractivity contribution is 7.99. The molecular formula is C25H32N4O3S. The third-order valence-electron chi connectivity index (χ3n) is 6.13. The monoisotopic (exact) mass is 468 g/mol. The Balaban J connectivity index is 1.56. The number of aromatic nitrogens is 4. The van der Waals surface area contributed by atoms with Crippen molar-refractivity contribution in [1.82, 2.24) is 19.3 Å². The number of ether oxygens (including phenoxy) is 2. The Kier molecular flexibility index (Phi) is 7.55. The molecule has 0 amide bonds. The molecule has 0 aliphatic carbocycles. The van der Waals surface area contributed by atoms with Gasteiger partial charge in [0.15, 0.2) is 16.8 Å². The quantitative estimate of drug-likeness (QED) is 0.310. The van der Waals surface area contributed by atoms with Gasteiger partial charge in [-0.1, -0.05) is 18.7 Å². The molecule has 0 N–H and O–H groups in total. The van der Waals surface area contributed by atoms with Crippen molar-refractivity contribution in [3.63, 3.8) is 0 Å². The number of aryl methyl sites for hydroxylation is 1. The standard InChI is InChI=1S/C25H32N4O3S/c1-5-12-28-17(2)14-22(18(28)3)23(30)16-33-25-27-26-24(19-8-10-20(31-4)11-9-19)29(25)15-21-7-6-13-32-21/h8-11,14,21H,5-7,12-13,15-16H2,1-4H3. The van der Waals surface area contributed by atoms with Gasteiger partial charge in [-0.05, 0) is 63.4 Å². The van der Waals surface area contributed by atoms with Crippen molar-refractivity contribution in [2.24, 2.45) is 0 Å². The number of Topliss-reactive ketones (excluding diaryl/α,β-unsaturated/α-hetero) is 1. The van der Waals surface area contributed by atoms with E-state index in [2.05, 4.69) is 33.2 Å². The van der Waals surface area contributed by atoms with E-state index < -0.39 is 0 Å². The van der Waals surface area contributed by atoms with E-state index in [4.69, 9.17) is 9.47 Å². The summed E-state index contributed by atoms with van der Waals surface area (Å²) in [6.07, 6.45) is 3.27. The minimum atomic E-state index is 0.119. The number of benzene rings is 1. The predicted octanol–water partition coefficient (Wildman–Crippen LogP) is 4.94. The van der Waals surface area contributed by atoms with Gasteiger partial charge in [-0.3, -0.25) is 9.36 Å². The van der Waals surface area contributed by atoms with E-state index in [-0.39, 0.29) is 11.9 Å². The zero-order chi connectivity index (χ0) is 23.4. The van der Waals surface area contributed by atoms with Crippen LogP contribution in [0.25, 0.3) is 11.4 Å². The summed E-state index contributed by atoms with van der Waals surface area (Å²) in [7, 11) is 1.65. The summed E-state index contributed by atoms with van der Waals surface area (Å²) in [5, 5.41) is 9.67. The van der Waals surface area contributed by atoms with Gasteiger partial charge in [0.05, 0.1) is 25.5 Å². The number of methoxy groups -OCH3 is 1. The second kappa shape index (κ2) is 10.6. The zero-order valence-electron chi connectivity index (χ0n) is 19.8. The van der Waals surface area contributed by atoms with Crippen LogP contribution >= 0.6 is 11.8 Å². The van der Waals surface area contributed by atoms with Crippen LogP contribution in [0.15, 0.2) is 35.5 Å². The van der Waals surface area contributed by atoms with E-state index in [0.29, 0.717) is 12.3 Å². The Morgan fingerprint density at radius 2 is 2.00 bits per heavy atom. The molecule has 2 aromatic heterocycles. The summed E-state index contributed by atoms with van der Waals surface area (Å²) >= 11 is 1.44. The first-order valence-electron chi connectivity index (χ1n) is 11.5. The lowest BCUT2D eigenvalue weighted by molar-refractivity contribution is 0.0953. The van der Waals surface area contributed by atoms with Crippen LogP contribution in [0.5, 0.6) is 5.75 Å². The molecule has 1 aliphatic heterocycles. The fourth-order valence-electron chi connectivity index (χ4n) is 4.36. The SMILES string of the molecule is CCCn1c(C)cc(C(=O)CSc2nnc(-c3ccc(OC)cc3)n2CC2CCCO2)c1C. The van der Waals surface area contributed by atoms with Gasteiger partial charge >= 0.3 is 0 Å². The second-order valence-electron chi connectivity index (χ2n) is 8.43. The molecule has 1 aromatic carbocycles. The van der Waals surface area contributed by atoms with E-state index in [1.54, 1.807) is 7.11 Å². The van der Waals surface area contributed by atoms with Gasteiger partial charge in [0, 0.05) is 35.7 Å². The van der Waals surface area contributed by atoms with Gasteiger partial charge in [-0.15, -0.1) is 10.2 Å².